The molecule has 38 atom stereocenters. The van der Waals surface area contributed by atoms with Crippen molar-refractivity contribution in [3.05, 3.63) is 23.8 Å². The average molecular weight is 1370 g/mol. The molecule has 0 bridgehead atoms. The summed E-state index contributed by atoms with van der Waals surface area (Å²) in [6.07, 6.45) is -43.8. The zero-order valence-electron chi connectivity index (χ0n) is 54.5. The van der Waals surface area contributed by atoms with E-state index in [9.17, 15) is 91.9 Å². The van der Waals surface area contributed by atoms with Gasteiger partial charge in [0.25, 0.3) is 0 Å². The first-order valence-corrected chi connectivity index (χ1v) is 33.5. The summed E-state index contributed by atoms with van der Waals surface area (Å²) in [5.74, 6) is -1.65. The van der Waals surface area contributed by atoms with E-state index < -0.39 is 244 Å². The molecule has 0 aromatic heterocycles. The average Bonchev–Trinajstić information content (AvgIpc) is 0.684. The lowest BCUT2D eigenvalue weighted by Gasteiger charge is -2.68. The van der Waals surface area contributed by atoms with Crippen molar-refractivity contribution in [3.8, 4) is 0 Å². The summed E-state index contributed by atoms with van der Waals surface area (Å²) >= 11 is 0. The molecule has 6 aliphatic heterocycles. The maximum atomic E-state index is 15.4. The maximum absolute atomic E-state index is 15.4. The summed E-state index contributed by atoms with van der Waals surface area (Å²) < 4.78 is 73.5. The summed E-state index contributed by atoms with van der Waals surface area (Å²) in [5, 5.41) is 197. The first-order valence-electron chi connectivity index (χ1n) is 33.5. The first-order chi connectivity index (χ1) is 44.6. The molecule has 31 nitrogen and oxygen atoms in total. The highest BCUT2D eigenvalue weighted by Gasteiger charge is 2.70. The van der Waals surface area contributed by atoms with Gasteiger partial charge in [0.2, 0.25) is 6.29 Å². The normalized spacial score (nSPS) is 54.8. The van der Waals surface area contributed by atoms with Crippen molar-refractivity contribution in [2.24, 2.45) is 45.3 Å². The Bertz CT molecular complexity index is 2710. The van der Waals surface area contributed by atoms with Crippen molar-refractivity contribution < 1.29 is 154 Å². The lowest BCUT2D eigenvalue weighted by molar-refractivity contribution is -0.401. The van der Waals surface area contributed by atoms with Crippen LogP contribution in [0.1, 0.15) is 106 Å². The molecule has 544 valence electrons. The van der Waals surface area contributed by atoms with Crippen LogP contribution in [0.4, 0.5) is 0 Å². The number of carbonyl (C=O) groups excluding carboxylic acids is 1. The molecule has 11 aliphatic rings. The van der Waals surface area contributed by atoms with Crippen LogP contribution in [0.15, 0.2) is 23.8 Å². The quantitative estimate of drug-likeness (QED) is 0.0414. The van der Waals surface area contributed by atoms with Crippen LogP contribution in [-0.2, 0) is 61.6 Å². The highest BCUT2D eigenvalue weighted by molar-refractivity contribution is 5.80. The van der Waals surface area contributed by atoms with Crippen LogP contribution in [0, 0.1) is 45.3 Å². The molecule has 5 unspecified atom stereocenters. The number of ether oxygens (including phenoxy) is 12. The van der Waals surface area contributed by atoms with E-state index in [1.807, 2.05) is 0 Å². The molecule has 5 aliphatic carbocycles. The van der Waals surface area contributed by atoms with Crippen LogP contribution in [-0.4, -0.2) is 314 Å². The van der Waals surface area contributed by atoms with E-state index in [2.05, 4.69) is 40.3 Å². The number of hydrogen-bond donors (Lipinski definition) is 18. The molecule has 6 saturated heterocycles. The molecule has 0 aromatic carbocycles. The third-order valence-electron chi connectivity index (χ3n) is 24.4. The van der Waals surface area contributed by atoms with Crippen molar-refractivity contribution >= 4 is 5.97 Å². The van der Waals surface area contributed by atoms with Crippen LogP contribution in [0.25, 0.3) is 0 Å². The van der Waals surface area contributed by atoms with Gasteiger partial charge in [-0.25, -0.2) is 0 Å². The summed E-state index contributed by atoms with van der Waals surface area (Å²) in [6, 6.07) is 0. The van der Waals surface area contributed by atoms with Crippen molar-refractivity contribution in [1.29, 1.82) is 0 Å². The van der Waals surface area contributed by atoms with Gasteiger partial charge in [0.15, 0.2) is 37.6 Å². The zero-order valence-corrected chi connectivity index (χ0v) is 54.5. The van der Waals surface area contributed by atoms with Crippen molar-refractivity contribution in [1.82, 2.24) is 0 Å². The minimum Gasteiger partial charge on any atom is -0.432 e. The third kappa shape index (κ3) is 12.7. The summed E-state index contributed by atoms with van der Waals surface area (Å²) in [7, 11) is 0. The molecule has 31 heteroatoms. The van der Waals surface area contributed by atoms with Gasteiger partial charge >= 0.3 is 5.97 Å². The molecular weight excluding hydrogens is 1260 g/mol. The monoisotopic (exact) mass is 1370 g/mol. The van der Waals surface area contributed by atoms with E-state index in [4.69, 9.17) is 56.8 Å². The molecule has 4 saturated carbocycles. The number of rotatable bonds is 15. The minimum atomic E-state index is -2.01. The Morgan fingerprint density at radius 1 is 0.516 bits per heavy atom. The minimum absolute atomic E-state index is 0.0224. The van der Waals surface area contributed by atoms with E-state index in [1.165, 1.54) is 13.8 Å². The topological polar surface area (TPSA) is 492 Å². The van der Waals surface area contributed by atoms with Crippen molar-refractivity contribution in [3.63, 3.8) is 0 Å². The van der Waals surface area contributed by atoms with Gasteiger partial charge in [0.05, 0.1) is 55.8 Å². The van der Waals surface area contributed by atoms with Gasteiger partial charge in [-0.15, -0.1) is 0 Å². The second-order valence-electron chi connectivity index (χ2n) is 30.0. The molecule has 18 N–H and O–H groups in total. The number of fused-ring (bicyclic) bond motifs is 7. The number of carbonyl (C=O) groups is 1. The van der Waals surface area contributed by atoms with E-state index in [1.54, 1.807) is 6.92 Å². The van der Waals surface area contributed by atoms with Gasteiger partial charge in [0.1, 0.15) is 122 Å². The second-order valence-corrected chi connectivity index (χ2v) is 30.0. The lowest BCUT2D eigenvalue weighted by Crippen LogP contribution is -2.67. The molecule has 95 heavy (non-hydrogen) atoms. The molecule has 10 fully saturated rings. The Morgan fingerprint density at radius 2 is 1.00 bits per heavy atom. The fourth-order valence-electron chi connectivity index (χ4n) is 18.5. The highest BCUT2D eigenvalue weighted by Crippen LogP contribution is 2.72. The molecule has 0 radical (unpaired) electrons. The highest BCUT2D eigenvalue weighted by atomic mass is 16.8. The predicted molar refractivity (Wildman–Crippen MR) is 316 cm³/mol. The van der Waals surface area contributed by atoms with E-state index in [0.29, 0.717) is 44.1 Å². The largest absolute Gasteiger partial charge is 0.432 e. The summed E-state index contributed by atoms with van der Waals surface area (Å²) in [6.45, 7) is 14.5. The van der Waals surface area contributed by atoms with Gasteiger partial charge in [-0.2, -0.15) is 0 Å². The standard InChI is InChI=1S/C64H102O31/c1-23-13-16-64(59(82)95-58-50(44(78)39(73)32(21-67)89-58)92-53-45(79)40(74)35(69)24(2)85-53)18-17-61(6)26-11-12-33-60(4,5)34(14-15-62(33,7)27(26)9-10-28(61)52(64)63(23,8)83)90-56-51(94-54-46(80)41(75)36(70)25(3)86-54)48(29(68)22-84-56)91-57-49(43(77)38(72)31(20-66)88-57)93-55-47(81)42(76)37(71)30(19-65)87-55/h10,24-27,29-58,65-81,83H,1,9,11-22H2,2-8H3/t24-,25-,26?,27?,29+,30-,31-,32-,33?,34?,35-,36-,37-,38-,39-,40-,41-,42+,43+,44+,45-,46-,47-,48-,49-,50-,51-,52?,53+,54+,55+,56+,57+,58+,61+,62-,63-,64+/m1/s1. The molecule has 0 spiro atoms. The van der Waals surface area contributed by atoms with Gasteiger partial charge < -0.3 is 149 Å². The van der Waals surface area contributed by atoms with Crippen LogP contribution >= 0.6 is 0 Å². The summed E-state index contributed by atoms with van der Waals surface area (Å²) in [4.78, 5) is 15.4. The van der Waals surface area contributed by atoms with Crippen LogP contribution in [0.2, 0.25) is 0 Å². The number of hydrogen-bond acceptors (Lipinski definition) is 31. The molecule has 0 amide bonds. The van der Waals surface area contributed by atoms with Crippen molar-refractivity contribution in [2.45, 2.75) is 296 Å². The fraction of sp³-hybridized carbons (Fsp3) is 0.922. The number of esters is 1. The lowest BCUT2D eigenvalue weighted by atomic mass is 9.37. The SMILES string of the molecule is C=C1CC[C@]2(C(=O)O[C@@H]3O[C@H](CO)[C@@H](O)[C@H](O)[C@H]3O[C@@H]3O[C@H](C)[C@@H](O)[C@@H](O)[C@H]3O)CC[C@]3(C)C(=CCC4C3CCC3C(C)(C)C(O[C@@H]5OC[C@H](O)[C@@H](O[C@@H]6O[C@H](CO)[C@@H](O)[C@H](O)[C@H]6O[C@@H]6O[C@H](CO)[C@@H](O)[C@H](O)[C@H]6O)[C@H]5O[C@@H]5O[C@H](C)[C@@H](O)[C@@H](O)[C@H]5O)CC[C@]43C)C2[C@]1(C)O. The van der Waals surface area contributed by atoms with Gasteiger partial charge in [0, 0.05) is 5.92 Å². The van der Waals surface area contributed by atoms with Gasteiger partial charge in [-0.05, 0) is 118 Å². The number of aliphatic hydroxyl groups is 18. The molecule has 0 aromatic rings. The van der Waals surface area contributed by atoms with Crippen molar-refractivity contribution in [2.75, 3.05) is 26.4 Å². The fourth-order valence-corrected chi connectivity index (χ4v) is 18.5. The Labute approximate surface area is 549 Å². The Balaban J connectivity index is 0.854. The van der Waals surface area contributed by atoms with Crippen LogP contribution in [0.3, 0.4) is 0 Å². The van der Waals surface area contributed by atoms with Gasteiger partial charge in [-0.1, -0.05) is 45.9 Å². The van der Waals surface area contributed by atoms with E-state index in [0.717, 1.165) is 5.57 Å². The van der Waals surface area contributed by atoms with Crippen LogP contribution < -0.4 is 0 Å². The third-order valence-corrected chi connectivity index (χ3v) is 24.4. The zero-order chi connectivity index (χ0) is 69.2. The maximum Gasteiger partial charge on any atom is 0.315 e. The first kappa shape index (κ1) is 74.0. The Hall–Kier alpha value is -2.21. The van der Waals surface area contributed by atoms with Crippen LogP contribution in [0.5, 0.6) is 0 Å². The Morgan fingerprint density at radius 3 is 1.56 bits per heavy atom. The number of allylic oxidation sites excluding steroid dienone is 1. The molecule has 6 heterocycles. The number of aliphatic hydroxyl groups excluding tert-OH is 17. The van der Waals surface area contributed by atoms with Gasteiger partial charge in [-0.3, -0.25) is 4.79 Å². The summed E-state index contributed by atoms with van der Waals surface area (Å²) in [5.41, 5.74) is -3.32. The Kier molecular flexibility index (Phi) is 21.7. The smallest absolute Gasteiger partial charge is 0.315 e. The van der Waals surface area contributed by atoms with E-state index >= 15 is 4.79 Å². The van der Waals surface area contributed by atoms with E-state index in [-0.39, 0.29) is 42.4 Å². The second kappa shape index (κ2) is 27.9. The predicted octanol–water partition coefficient (Wildman–Crippen LogP) is -5.19. The molecular formula is C64H102O31. The molecule has 11 rings (SSSR count).